The molecule has 4 fully saturated rings. The van der Waals surface area contributed by atoms with Gasteiger partial charge < -0.3 is 67.3 Å². The van der Waals surface area contributed by atoms with Gasteiger partial charge in [-0.25, -0.2) is 0 Å². The van der Waals surface area contributed by atoms with Crippen LogP contribution in [0.3, 0.4) is 0 Å². The van der Waals surface area contributed by atoms with Crippen molar-refractivity contribution in [3.63, 3.8) is 0 Å². The first kappa shape index (κ1) is 98.2. The number of methoxy groups -OCH3 is 1. The normalized spacial score (nSPS) is 14.6. The van der Waals surface area contributed by atoms with E-state index in [-0.39, 0.29) is 47.4 Å². The molecule has 16 aromatic rings. The highest BCUT2D eigenvalue weighted by atomic mass is 35.5. The number of benzene rings is 12. The number of aliphatic hydroxyl groups excluding tert-OH is 1. The van der Waals surface area contributed by atoms with Crippen LogP contribution in [0.1, 0.15) is 110 Å². The predicted octanol–water partition coefficient (Wildman–Crippen LogP) is 25.8. The quantitative estimate of drug-likeness (QED) is 0.0256. The Morgan fingerprint density at radius 2 is 0.643 bits per heavy atom. The molecule has 2 unspecified atom stereocenters. The Balaban J connectivity index is 0.000000129. The number of rotatable bonds is 33. The molecule has 718 valence electrons. The van der Waals surface area contributed by atoms with Crippen molar-refractivity contribution in [2.75, 3.05) is 85.6 Å². The van der Waals surface area contributed by atoms with Crippen molar-refractivity contribution in [2.45, 2.75) is 96.4 Å². The second kappa shape index (κ2) is 46.1. The van der Waals surface area contributed by atoms with Gasteiger partial charge >= 0.3 is 0 Å². The highest BCUT2D eigenvalue weighted by Gasteiger charge is 2.36. The minimum Gasteiger partial charge on any atom is -0.508 e. The number of aliphatic hydroxyl groups is 1. The van der Waals surface area contributed by atoms with Gasteiger partial charge in [-0.05, 0) is 250 Å². The SMILES string of the molecule is C=C(c1ccc(OC2CN(CCC)C2)cc1)c1c(-c2ccccc2Cl)noc1-c1ccc(O)cc1.CCCN1CC(Oc2ccc(C(O)c3c(-c4ccccc4Cl)noc3-c3ccc(O)cc3)cc2)C1.CCCN1CC(Oc2ccc(C(OC)c3c(-c4ccccc4Cl)noc3-c3ccc(O)cc3)cc2)C1.CCCN1CC(Oc2ccc(Cc3c(-c4ccccc4Cl)noc3-c3ccc(O)cc3)cc2)C1. The standard InChI is InChI=1S/C29H29ClN2O4.C29H27ClN2O3.C28H27ClN2O4.C28H27ClN2O3/c1-3-16-32-17-23(18-32)35-22-14-10-19(11-15-22)28(34-2)26-27(24-6-4-5-7-25(24)30)31-36-29(26)20-8-12-21(33)13-9-20;1-3-16-32-17-24(18-32)34-23-14-10-20(11-15-23)19(2)27-28(25-6-4-5-7-26(25)30)31-35-29(27)21-8-12-22(33)13-9-21;1-2-15-31-16-22(17-31)34-21-13-9-18(10-14-21)27(33)25-26(23-5-3-4-6-24(23)29)30-35-28(25)19-7-11-20(32)12-8-19;1-2-15-31-17-23(18-31)33-22-13-7-19(8-14-22)16-25-27(24-5-3-4-6-26(24)29)30-34-28(25)20-9-11-21(32)12-10-20/h4-15,23,28,33H,3,16-18H2,1-2H3;4-15,24,33H,2-3,16-18H2,1H3;3-14,22,27,32-33H,2,15-17H2,1H3;3-14,23,32H,2,15-18H2,1H3. The van der Waals surface area contributed by atoms with Gasteiger partial charge in [0, 0.05) is 116 Å². The summed E-state index contributed by atoms with van der Waals surface area (Å²) in [6, 6.07) is 88.8. The van der Waals surface area contributed by atoms with E-state index in [2.05, 4.69) is 86.6 Å². The van der Waals surface area contributed by atoms with E-state index in [0.717, 1.165) is 199 Å². The van der Waals surface area contributed by atoms with Crippen molar-refractivity contribution in [3.8, 4) is 136 Å². The van der Waals surface area contributed by atoms with Crippen molar-refractivity contribution in [1.29, 1.82) is 0 Å². The van der Waals surface area contributed by atoms with Crippen LogP contribution < -0.4 is 18.9 Å². The monoisotopic (exact) mass is 1950 g/mol. The van der Waals surface area contributed by atoms with Crippen LogP contribution in [-0.4, -0.2) is 176 Å². The largest absolute Gasteiger partial charge is 0.508 e. The van der Waals surface area contributed by atoms with E-state index >= 15 is 0 Å². The number of aromatic hydroxyl groups is 4. The third kappa shape index (κ3) is 23.5. The number of nitrogens with zero attached hydrogens (tertiary/aromatic N) is 8. The summed E-state index contributed by atoms with van der Waals surface area (Å²) in [4.78, 5) is 9.57. The van der Waals surface area contributed by atoms with Gasteiger partial charge in [-0.1, -0.05) is 223 Å². The summed E-state index contributed by atoms with van der Waals surface area (Å²) in [6.45, 7) is 25.4. The van der Waals surface area contributed by atoms with Crippen LogP contribution in [0, 0.1) is 0 Å². The topological polar surface area (TPSA) is 264 Å². The summed E-state index contributed by atoms with van der Waals surface area (Å²) in [7, 11) is 1.66. The van der Waals surface area contributed by atoms with Gasteiger partial charge in [-0.15, -0.1) is 0 Å². The number of ether oxygens (including phenoxy) is 5. The number of phenolic OH excluding ortho intramolecular Hbond substituents is 4. The summed E-state index contributed by atoms with van der Waals surface area (Å²) in [5.41, 5.74) is 15.9. The molecule has 4 aliphatic rings. The van der Waals surface area contributed by atoms with Gasteiger partial charge in [-0.3, -0.25) is 19.6 Å². The van der Waals surface area contributed by atoms with E-state index in [1.165, 1.54) is 6.42 Å². The van der Waals surface area contributed by atoms with E-state index in [1.807, 2.05) is 188 Å². The number of aromatic nitrogens is 4. The Morgan fingerprint density at radius 3 is 1.01 bits per heavy atom. The molecule has 140 heavy (non-hydrogen) atoms. The van der Waals surface area contributed by atoms with Crippen LogP contribution in [0.4, 0.5) is 0 Å². The zero-order chi connectivity index (χ0) is 97.3. The molecule has 0 saturated carbocycles. The van der Waals surface area contributed by atoms with Crippen molar-refractivity contribution in [1.82, 2.24) is 40.2 Å². The van der Waals surface area contributed by atoms with E-state index in [9.17, 15) is 25.5 Å². The van der Waals surface area contributed by atoms with Crippen LogP contribution in [0.15, 0.2) is 316 Å². The average Bonchev–Trinajstić information content (AvgIpc) is 1.64. The van der Waals surface area contributed by atoms with Crippen LogP contribution in [-0.2, 0) is 11.2 Å². The molecule has 4 aromatic heterocycles. The van der Waals surface area contributed by atoms with Crippen LogP contribution in [0.25, 0.3) is 95.9 Å². The fourth-order valence-corrected chi connectivity index (χ4v) is 18.7. The van der Waals surface area contributed by atoms with Gasteiger partial charge in [-0.2, -0.15) is 0 Å². The molecule has 12 aromatic carbocycles. The maximum atomic E-state index is 11.5. The molecule has 0 bridgehead atoms. The number of phenols is 4. The van der Waals surface area contributed by atoms with Crippen molar-refractivity contribution in [2.24, 2.45) is 0 Å². The third-order valence-corrected chi connectivity index (χ3v) is 26.3. The predicted molar refractivity (Wildman–Crippen MR) is 550 cm³/mol. The summed E-state index contributed by atoms with van der Waals surface area (Å²) < 4.78 is 53.7. The molecule has 4 saturated heterocycles. The second-order valence-electron chi connectivity index (χ2n) is 35.2. The van der Waals surface area contributed by atoms with Gasteiger partial charge in [0.25, 0.3) is 0 Å². The molecule has 0 spiro atoms. The molecule has 8 heterocycles. The molecule has 20 rings (SSSR count). The van der Waals surface area contributed by atoms with Gasteiger partial charge in [0.15, 0.2) is 23.0 Å². The maximum absolute atomic E-state index is 11.5. The summed E-state index contributed by atoms with van der Waals surface area (Å²) in [5.74, 6) is 6.25. The Kier molecular flexibility index (Phi) is 32.3. The zero-order valence-corrected chi connectivity index (χ0v) is 81.4. The molecule has 5 N–H and O–H groups in total. The Labute approximate surface area is 834 Å². The van der Waals surface area contributed by atoms with Gasteiger partial charge in [0.2, 0.25) is 0 Å². The van der Waals surface area contributed by atoms with Crippen LogP contribution in [0.5, 0.6) is 46.0 Å². The average molecular weight is 1960 g/mol. The minimum atomic E-state index is -1.02. The van der Waals surface area contributed by atoms with Crippen molar-refractivity contribution < 1.29 is 67.3 Å². The molecule has 0 amide bonds. The highest BCUT2D eigenvalue weighted by molar-refractivity contribution is 6.34. The van der Waals surface area contributed by atoms with Crippen molar-refractivity contribution >= 4 is 52.0 Å². The highest BCUT2D eigenvalue weighted by Crippen LogP contribution is 2.48. The smallest absolute Gasteiger partial charge is 0.175 e. The summed E-state index contributed by atoms with van der Waals surface area (Å²) in [6.07, 6.45) is 4.70. The first-order chi connectivity index (χ1) is 68.2. The molecule has 0 radical (unpaired) electrons. The molecule has 22 nitrogen and oxygen atoms in total. The van der Waals surface area contributed by atoms with Crippen LogP contribution >= 0.6 is 46.4 Å². The molecule has 2 atom stereocenters. The zero-order valence-electron chi connectivity index (χ0n) is 78.4. The molecule has 0 aliphatic carbocycles. The first-order valence-corrected chi connectivity index (χ1v) is 48.7. The second-order valence-corrected chi connectivity index (χ2v) is 36.8. The lowest BCUT2D eigenvalue weighted by Gasteiger charge is -2.38. The van der Waals surface area contributed by atoms with E-state index in [4.69, 9.17) is 88.2 Å². The maximum Gasteiger partial charge on any atom is 0.175 e. The first-order valence-electron chi connectivity index (χ1n) is 47.2. The van der Waals surface area contributed by atoms with Gasteiger partial charge in [0.1, 0.15) is 105 Å². The minimum absolute atomic E-state index is 0.140. The van der Waals surface area contributed by atoms with E-state index in [0.29, 0.717) is 88.9 Å². The van der Waals surface area contributed by atoms with E-state index < -0.39 is 12.2 Å². The Hall–Kier alpha value is -13.5. The van der Waals surface area contributed by atoms with Gasteiger partial charge in [0.05, 0.1) is 36.8 Å². The number of hydrogen-bond acceptors (Lipinski definition) is 22. The number of halogens is 4. The Bertz CT molecular complexity index is 6780. The van der Waals surface area contributed by atoms with E-state index in [1.54, 1.807) is 98.1 Å². The molecule has 26 heteroatoms. The molecular formula is C114H110Cl4N8O14. The summed E-state index contributed by atoms with van der Waals surface area (Å²) in [5, 5.41) is 70.1. The third-order valence-electron chi connectivity index (χ3n) is 25.0. The number of hydrogen-bond donors (Lipinski definition) is 5. The fourth-order valence-electron chi connectivity index (χ4n) is 17.8. The lowest BCUT2D eigenvalue weighted by Crippen LogP contribution is -2.53. The summed E-state index contributed by atoms with van der Waals surface area (Å²) >= 11 is 26.0. The molecular weight excluding hydrogens is 1850 g/mol. The molecule has 4 aliphatic heterocycles. The van der Waals surface area contributed by atoms with Crippen molar-refractivity contribution in [3.05, 3.63) is 362 Å². The van der Waals surface area contributed by atoms with Crippen LogP contribution in [0.2, 0.25) is 20.1 Å². The lowest BCUT2D eigenvalue weighted by atomic mass is 9.93. The number of likely N-dealkylation sites (tertiary alicyclic amines) is 4. The fraction of sp³-hybridized carbons (Fsp3) is 0.246. The lowest BCUT2D eigenvalue weighted by molar-refractivity contribution is 0.0201. The Morgan fingerprint density at radius 1 is 0.350 bits per heavy atom.